The van der Waals surface area contributed by atoms with Crippen LogP contribution in [0.5, 0.6) is 0 Å². The van der Waals surface area contributed by atoms with Gasteiger partial charge >= 0.3 is 11.9 Å². The number of rotatable bonds is 8. The van der Waals surface area contributed by atoms with E-state index in [-0.39, 0.29) is 17.5 Å². The Labute approximate surface area is 223 Å². The lowest BCUT2D eigenvalue weighted by Crippen LogP contribution is -2.37. The van der Waals surface area contributed by atoms with Crippen LogP contribution in [0.15, 0.2) is 53.8 Å². The Morgan fingerprint density at radius 3 is 2.62 bits per heavy atom. The number of nitrogens with zero attached hydrogens (tertiary/aromatic N) is 6. The van der Waals surface area contributed by atoms with Gasteiger partial charge in [-0.25, -0.2) is 4.79 Å². The zero-order valence-electron chi connectivity index (χ0n) is 21.9. The molecule has 0 spiro atoms. The van der Waals surface area contributed by atoms with Gasteiger partial charge in [-0.3, -0.25) is 13.9 Å². The third kappa shape index (κ3) is 5.63. The van der Waals surface area contributed by atoms with E-state index in [4.69, 9.17) is 10.5 Å². The van der Waals surface area contributed by atoms with Crippen LogP contribution in [0.3, 0.4) is 0 Å². The highest BCUT2D eigenvalue weighted by Gasteiger charge is 2.35. The first-order chi connectivity index (χ1) is 18.7. The van der Waals surface area contributed by atoms with E-state index in [1.165, 1.54) is 17.0 Å². The van der Waals surface area contributed by atoms with Crippen molar-refractivity contribution in [1.82, 2.24) is 28.6 Å². The molecule has 3 aromatic heterocycles. The number of halogens is 3. The van der Waals surface area contributed by atoms with Crippen molar-refractivity contribution >= 4 is 5.52 Å². The van der Waals surface area contributed by atoms with E-state index in [0.29, 0.717) is 44.0 Å². The second kappa shape index (κ2) is 10.9. The summed E-state index contributed by atoms with van der Waals surface area (Å²) in [4.78, 5) is 15.5. The lowest BCUT2D eigenvalue weighted by Gasteiger charge is -2.32. The Kier molecular flexibility index (Phi) is 7.61. The number of aromatic nitrogens is 5. The van der Waals surface area contributed by atoms with Gasteiger partial charge < -0.3 is 15.0 Å². The number of hydrogen-bond acceptors (Lipinski definition) is 6. The first-order valence-corrected chi connectivity index (χ1v) is 13.0. The average molecular weight is 544 g/mol. The van der Waals surface area contributed by atoms with Crippen molar-refractivity contribution in [1.29, 1.82) is 0 Å². The topological polar surface area (TPSA) is 95.6 Å². The minimum atomic E-state index is -4.62. The van der Waals surface area contributed by atoms with Crippen LogP contribution in [-0.4, -0.2) is 61.0 Å². The molecule has 4 heterocycles. The normalized spacial score (nSPS) is 16.3. The molecule has 1 aliphatic rings. The monoisotopic (exact) mass is 543 g/mol. The standard InChI is InChI=1S/C27H32F3N7O2/c1-18(25-33-32-17-34(25)2)20-4-3-5-21(13-20)36-16-24-23(27(28,29)30)12-19(15-37(24)26(36)38)14-35-9-6-22(7-10-35)39-11-8-31/h3-5,12-13,15-18,22H,6-11,14,31H2,1-2H3/t18-/m1/s1. The summed E-state index contributed by atoms with van der Waals surface area (Å²) in [7, 11) is 1.84. The summed E-state index contributed by atoms with van der Waals surface area (Å²) >= 11 is 0. The molecule has 1 saturated heterocycles. The van der Waals surface area contributed by atoms with Crippen LogP contribution in [0.2, 0.25) is 0 Å². The number of likely N-dealkylation sites (tertiary alicyclic amines) is 1. The van der Waals surface area contributed by atoms with Gasteiger partial charge in [-0.1, -0.05) is 19.1 Å². The molecule has 0 bridgehead atoms. The van der Waals surface area contributed by atoms with Gasteiger partial charge in [0.25, 0.3) is 0 Å². The van der Waals surface area contributed by atoms with Gasteiger partial charge in [0.1, 0.15) is 12.2 Å². The number of alkyl halides is 3. The van der Waals surface area contributed by atoms with Crippen molar-refractivity contribution in [2.45, 2.75) is 44.5 Å². The molecule has 1 fully saturated rings. The van der Waals surface area contributed by atoms with Gasteiger partial charge in [-0.2, -0.15) is 13.2 Å². The van der Waals surface area contributed by atoms with Crippen LogP contribution in [-0.2, 0) is 24.5 Å². The minimum Gasteiger partial charge on any atom is -0.377 e. The summed E-state index contributed by atoms with van der Waals surface area (Å²) in [5, 5.41) is 8.08. The van der Waals surface area contributed by atoms with Crippen LogP contribution in [0.1, 0.15) is 48.2 Å². The number of fused-ring (bicyclic) bond motifs is 1. The van der Waals surface area contributed by atoms with Gasteiger partial charge in [0.2, 0.25) is 0 Å². The summed E-state index contributed by atoms with van der Waals surface area (Å²) in [5.41, 5.74) is 5.70. The Balaban J connectivity index is 1.47. The molecule has 208 valence electrons. The smallest absolute Gasteiger partial charge is 0.377 e. The molecule has 0 amide bonds. The highest BCUT2D eigenvalue weighted by atomic mass is 19.4. The molecule has 0 saturated carbocycles. The summed E-state index contributed by atoms with van der Waals surface area (Å²) < 4.78 is 52.4. The second-order valence-electron chi connectivity index (χ2n) is 10.0. The van der Waals surface area contributed by atoms with E-state index in [1.807, 2.05) is 24.6 Å². The van der Waals surface area contributed by atoms with Gasteiger partial charge in [0.15, 0.2) is 0 Å². The third-order valence-electron chi connectivity index (χ3n) is 7.32. The number of aryl methyl sites for hydroxylation is 1. The molecule has 5 rings (SSSR count). The number of pyridine rings is 1. The Morgan fingerprint density at radius 1 is 1.18 bits per heavy atom. The van der Waals surface area contributed by atoms with Gasteiger partial charge in [0, 0.05) is 51.5 Å². The number of piperidine rings is 1. The lowest BCUT2D eigenvalue weighted by atomic mass is 10.00. The number of benzene rings is 1. The largest absolute Gasteiger partial charge is 0.418 e. The number of imidazole rings is 1. The summed E-state index contributed by atoms with van der Waals surface area (Å²) in [6.45, 7) is 4.62. The second-order valence-corrected chi connectivity index (χ2v) is 10.0. The molecule has 1 aromatic carbocycles. The Bertz CT molecular complexity index is 1500. The first kappa shape index (κ1) is 27.1. The van der Waals surface area contributed by atoms with Crippen molar-refractivity contribution in [2.75, 3.05) is 26.2 Å². The van der Waals surface area contributed by atoms with Crippen LogP contribution in [0.25, 0.3) is 11.2 Å². The number of nitrogens with two attached hydrogens (primary N) is 1. The maximum absolute atomic E-state index is 14.2. The zero-order chi connectivity index (χ0) is 27.7. The minimum absolute atomic E-state index is 0.113. The quantitative estimate of drug-likeness (QED) is 0.366. The highest BCUT2D eigenvalue weighted by Crippen LogP contribution is 2.34. The van der Waals surface area contributed by atoms with E-state index in [9.17, 15) is 18.0 Å². The molecule has 1 atom stereocenters. The van der Waals surface area contributed by atoms with Crippen LogP contribution in [0.4, 0.5) is 13.2 Å². The number of hydrogen-bond donors (Lipinski definition) is 1. The Hall–Kier alpha value is -3.48. The summed E-state index contributed by atoms with van der Waals surface area (Å²) in [5.74, 6) is 0.605. The molecule has 0 unspecified atom stereocenters. The summed E-state index contributed by atoms with van der Waals surface area (Å²) in [6.07, 6.45) is 1.45. The molecule has 0 radical (unpaired) electrons. The molecular formula is C27H32F3N7O2. The predicted octanol–water partition coefficient (Wildman–Crippen LogP) is 3.33. The van der Waals surface area contributed by atoms with Gasteiger partial charge in [0.05, 0.1) is 29.5 Å². The van der Waals surface area contributed by atoms with E-state index >= 15 is 0 Å². The van der Waals surface area contributed by atoms with E-state index in [0.717, 1.165) is 34.7 Å². The van der Waals surface area contributed by atoms with Crippen molar-refractivity contribution in [2.24, 2.45) is 12.8 Å². The highest BCUT2D eigenvalue weighted by molar-refractivity contribution is 5.58. The maximum atomic E-state index is 14.2. The summed E-state index contributed by atoms with van der Waals surface area (Å²) in [6, 6.07) is 8.34. The molecule has 9 nitrogen and oxygen atoms in total. The van der Waals surface area contributed by atoms with Crippen molar-refractivity contribution in [3.8, 4) is 5.69 Å². The zero-order valence-corrected chi connectivity index (χ0v) is 21.9. The molecule has 0 aliphatic carbocycles. The lowest BCUT2D eigenvalue weighted by molar-refractivity contribution is -0.136. The van der Waals surface area contributed by atoms with E-state index in [2.05, 4.69) is 15.1 Å². The van der Waals surface area contributed by atoms with Gasteiger partial charge in [-0.05, 0) is 42.2 Å². The van der Waals surface area contributed by atoms with E-state index < -0.39 is 17.4 Å². The van der Waals surface area contributed by atoms with Crippen LogP contribution < -0.4 is 11.4 Å². The van der Waals surface area contributed by atoms with Crippen LogP contribution >= 0.6 is 0 Å². The maximum Gasteiger partial charge on any atom is 0.418 e. The molecular weight excluding hydrogens is 511 g/mol. The Morgan fingerprint density at radius 2 is 1.95 bits per heavy atom. The van der Waals surface area contributed by atoms with E-state index in [1.54, 1.807) is 24.5 Å². The SMILES string of the molecule is C[C@H](c1cccc(-n2cc3c(C(F)(F)F)cc(CN4CCC(OCCN)CC4)cn3c2=O)c1)c1nncn1C. The molecule has 2 N–H and O–H groups in total. The fraction of sp³-hybridized carbons (Fsp3) is 0.444. The third-order valence-corrected chi connectivity index (χ3v) is 7.32. The van der Waals surface area contributed by atoms with Crippen LogP contribution in [0, 0.1) is 0 Å². The van der Waals surface area contributed by atoms with Gasteiger partial charge in [-0.15, -0.1) is 10.2 Å². The predicted molar refractivity (Wildman–Crippen MR) is 140 cm³/mol. The molecule has 39 heavy (non-hydrogen) atoms. The fourth-order valence-corrected chi connectivity index (χ4v) is 5.25. The number of ether oxygens (including phenoxy) is 1. The van der Waals surface area contributed by atoms with Crippen molar-refractivity contribution in [3.63, 3.8) is 0 Å². The fourth-order valence-electron chi connectivity index (χ4n) is 5.25. The molecule has 12 heteroatoms. The van der Waals surface area contributed by atoms with Crippen molar-refractivity contribution in [3.05, 3.63) is 82.1 Å². The average Bonchev–Trinajstić information content (AvgIpc) is 3.50. The van der Waals surface area contributed by atoms with Crippen molar-refractivity contribution < 1.29 is 17.9 Å². The molecule has 1 aliphatic heterocycles. The molecule has 4 aromatic rings. The first-order valence-electron chi connectivity index (χ1n) is 13.0.